The minimum Gasteiger partial charge on any atom is -0.493 e. The molecule has 2 aliphatic rings. The predicted molar refractivity (Wildman–Crippen MR) is 156 cm³/mol. The van der Waals surface area contributed by atoms with Gasteiger partial charge in [-0.1, -0.05) is 36.4 Å². The zero-order chi connectivity index (χ0) is 31.4. The number of alkyl halides is 3. The lowest BCUT2D eigenvalue weighted by atomic mass is 9.71. The van der Waals surface area contributed by atoms with E-state index in [1.54, 1.807) is 32.2 Å². The van der Waals surface area contributed by atoms with Crippen molar-refractivity contribution in [2.24, 2.45) is 0 Å². The second-order valence-electron chi connectivity index (χ2n) is 10.5. The van der Waals surface area contributed by atoms with E-state index in [4.69, 9.17) is 18.9 Å². The summed E-state index contributed by atoms with van der Waals surface area (Å²) in [5, 5.41) is 3.25. The second-order valence-corrected chi connectivity index (χ2v) is 10.5. The number of benzene rings is 3. The highest BCUT2D eigenvalue weighted by atomic mass is 19.4. The number of methoxy groups -OCH3 is 2. The van der Waals surface area contributed by atoms with Crippen molar-refractivity contribution in [2.45, 2.75) is 37.8 Å². The van der Waals surface area contributed by atoms with Gasteiger partial charge >= 0.3 is 12.1 Å². The van der Waals surface area contributed by atoms with Crippen LogP contribution in [0.5, 0.6) is 17.2 Å². The van der Waals surface area contributed by atoms with Gasteiger partial charge in [0.25, 0.3) is 0 Å². The smallest absolute Gasteiger partial charge is 0.416 e. The highest BCUT2D eigenvalue weighted by Crippen LogP contribution is 2.47. The lowest BCUT2D eigenvalue weighted by Gasteiger charge is -2.37. The molecule has 0 spiro atoms. The number of ketones is 1. The van der Waals surface area contributed by atoms with Crippen LogP contribution in [-0.4, -0.2) is 39.2 Å². The summed E-state index contributed by atoms with van der Waals surface area (Å²) >= 11 is 0. The summed E-state index contributed by atoms with van der Waals surface area (Å²) in [6.45, 7) is 1.73. The Morgan fingerprint density at radius 2 is 1.57 bits per heavy atom. The number of hydrogen-bond donors (Lipinski definition) is 1. The van der Waals surface area contributed by atoms with Gasteiger partial charge in [-0.2, -0.15) is 13.2 Å². The Labute approximate surface area is 253 Å². The van der Waals surface area contributed by atoms with Crippen molar-refractivity contribution in [1.29, 1.82) is 0 Å². The summed E-state index contributed by atoms with van der Waals surface area (Å²) in [5.41, 5.74) is 2.03. The molecule has 0 amide bonds. The number of Topliss-reactive ketones (excluding diaryl/α,β-unsaturated/α-hetero) is 1. The molecule has 1 heterocycles. The van der Waals surface area contributed by atoms with Gasteiger partial charge in [0.05, 0.1) is 25.4 Å². The molecule has 1 aliphatic heterocycles. The second kappa shape index (κ2) is 12.9. The van der Waals surface area contributed by atoms with E-state index in [0.717, 1.165) is 17.7 Å². The molecular weight excluding hydrogens is 575 g/mol. The molecule has 0 radical (unpaired) electrons. The summed E-state index contributed by atoms with van der Waals surface area (Å²) in [4.78, 5) is 27.4. The number of carbonyl (C=O) groups excluding carboxylic acids is 2. The summed E-state index contributed by atoms with van der Waals surface area (Å²) in [5.74, 6) is -0.284. The average molecular weight is 608 g/mol. The minimum atomic E-state index is -4.53. The summed E-state index contributed by atoms with van der Waals surface area (Å²) in [6.07, 6.45) is -3.95. The number of para-hydroxylation sites is 1. The average Bonchev–Trinajstić information content (AvgIpc) is 3.02. The Morgan fingerprint density at radius 1 is 0.886 bits per heavy atom. The molecule has 0 aromatic heterocycles. The van der Waals surface area contributed by atoms with E-state index in [0.29, 0.717) is 46.2 Å². The number of allylic oxidation sites excluding steroid dienone is 3. The van der Waals surface area contributed by atoms with E-state index in [2.05, 4.69) is 5.32 Å². The van der Waals surface area contributed by atoms with Crippen LogP contribution < -0.4 is 19.5 Å². The quantitative estimate of drug-likeness (QED) is 0.214. The van der Waals surface area contributed by atoms with Crippen molar-refractivity contribution in [3.63, 3.8) is 0 Å². The van der Waals surface area contributed by atoms with Crippen LogP contribution in [0.1, 0.15) is 48.3 Å². The van der Waals surface area contributed by atoms with Gasteiger partial charge in [-0.15, -0.1) is 0 Å². The first kappa shape index (κ1) is 30.7. The number of carbonyl (C=O) groups is 2. The third kappa shape index (κ3) is 6.44. The van der Waals surface area contributed by atoms with Crippen LogP contribution in [0.2, 0.25) is 0 Å². The van der Waals surface area contributed by atoms with Crippen LogP contribution >= 0.6 is 0 Å². The van der Waals surface area contributed by atoms with E-state index in [1.165, 1.54) is 19.2 Å². The van der Waals surface area contributed by atoms with Gasteiger partial charge in [0.15, 0.2) is 17.3 Å². The summed E-state index contributed by atoms with van der Waals surface area (Å²) in [6, 6.07) is 19.1. The number of rotatable bonds is 9. The first-order valence-corrected chi connectivity index (χ1v) is 14.1. The summed E-state index contributed by atoms with van der Waals surface area (Å²) < 4.78 is 62.1. The van der Waals surface area contributed by atoms with E-state index < -0.39 is 23.6 Å². The van der Waals surface area contributed by atoms with Crippen molar-refractivity contribution < 1.29 is 41.7 Å². The first-order valence-electron chi connectivity index (χ1n) is 14.1. The highest BCUT2D eigenvalue weighted by molar-refractivity contribution is 6.04. The largest absolute Gasteiger partial charge is 0.493 e. The molecule has 1 aliphatic carbocycles. The van der Waals surface area contributed by atoms with Crippen LogP contribution in [0.4, 0.5) is 13.2 Å². The molecule has 10 heteroatoms. The van der Waals surface area contributed by atoms with E-state index in [9.17, 15) is 22.8 Å². The van der Waals surface area contributed by atoms with Gasteiger partial charge in [0.1, 0.15) is 19.0 Å². The SMILES string of the molecule is COc1ccc([C@H]2CC(=O)C3=C(C2)NC(C)=C(C(=O)OCCOc2ccccc2)[C@@H]3c2ccc(C(F)(F)F)cc2)cc1OC. The van der Waals surface area contributed by atoms with Crippen LogP contribution in [0.25, 0.3) is 0 Å². The Bertz CT molecular complexity index is 1600. The zero-order valence-electron chi connectivity index (χ0n) is 24.5. The minimum absolute atomic E-state index is 0.0640. The molecule has 0 saturated heterocycles. The molecule has 0 bridgehead atoms. The van der Waals surface area contributed by atoms with Gasteiger partial charge in [-0.05, 0) is 66.8 Å². The maximum atomic E-state index is 13.9. The van der Waals surface area contributed by atoms with Crippen LogP contribution in [0, 0.1) is 0 Å². The molecule has 3 aromatic rings. The molecule has 3 aromatic carbocycles. The van der Waals surface area contributed by atoms with Crippen LogP contribution in [0.3, 0.4) is 0 Å². The van der Waals surface area contributed by atoms with Crippen molar-refractivity contribution in [1.82, 2.24) is 5.32 Å². The van der Waals surface area contributed by atoms with Crippen LogP contribution in [0.15, 0.2) is 95.3 Å². The molecule has 2 atom stereocenters. The van der Waals surface area contributed by atoms with E-state index >= 15 is 0 Å². The third-order valence-electron chi connectivity index (χ3n) is 7.83. The van der Waals surface area contributed by atoms with Crippen LogP contribution in [-0.2, 0) is 20.5 Å². The molecule has 0 saturated carbocycles. The maximum Gasteiger partial charge on any atom is 0.416 e. The normalized spacial score (nSPS) is 18.4. The van der Waals surface area contributed by atoms with Crippen molar-refractivity contribution in [3.05, 3.63) is 112 Å². The van der Waals surface area contributed by atoms with Crippen molar-refractivity contribution in [2.75, 3.05) is 27.4 Å². The molecule has 0 unspecified atom stereocenters. The molecule has 230 valence electrons. The van der Waals surface area contributed by atoms with Gasteiger partial charge in [0.2, 0.25) is 0 Å². The number of halogens is 3. The fourth-order valence-corrected chi connectivity index (χ4v) is 5.74. The number of hydrogen-bond acceptors (Lipinski definition) is 7. The topological polar surface area (TPSA) is 83.1 Å². The Balaban J connectivity index is 1.45. The number of ether oxygens (including phenoxy) is 4. The number of dihydropyridines is 1. The monoisotopic (exact) mass is 607 g/mol. The van der Waals surface area contributed by atoms with Crippen molar-refractivity contribution in [3.8, 4) is 17.2 Å². The Kier molecular flexibility index (Phi) is 8.98. The molecule has 44 heavy (non-hydrogen) atoms. The third-order valence-corrected chi connectivity index (χ3v) is 7.83. The van der Waals surface area contributed by atoms with Gasteiger partial charge in [-0.3, -0.25) is 4.79 Å². The lowest BCUT2D eigenvalue weighted by Crippen LogP contribution is -2.36. The van der Waals surface area contributed by atoms with E-state index in [1.807, 2.05) is 30.3 Å². The molecule has 1 N–H and O–H groups in total. The Morgan fingerprint density at radius 3 is 2.23 bits per heavy atom. The fourth-order valence-electron chi connectivity index (χ4n) is 5.74. The predicted octanol–water partition coefficient (Wildman–Crippen LogP) is 6.71. The molecule has 5 rings (SSSR count). The van der Waals surface area contributed by atoms with E-state index in [-0.39, 0.29) is 36.9 Å². The van der Waals surface area contributed by atoms with Gasteiger partial charge < -0.3 is 24.3 Å². The van der Waals surface area contributed by atoms with Crippen molar-refractivity contribution >= 4 is 11.8 Å². The van der Waals surface area contributed by atoms with Gasteiger partial charge in [-0.25, -0.2) is 4.79 Å². The molecule has 0 fully saturated rings. The molecular formula is C34H32F3NO6. The lowest BCUT2D eigenvalue weighted by molar-refractivity contribution is -0.140. The Hall–Kier alpha value is -4.73. The van der Waals surface area contributed by atoms with Gasteiger partial charge in [0, 0.05) is 29.3 Å². The summed E-state index contributed by atoms with van der Waals surface area (Å²) in [7, 11) is 3.08. The standard InChI is InChI=1S/C34H32F3NO6/c1-20-30(33(40)44-16-15-43-25-7-5-4-6-8-25)31(21-9-12-24(13-10-21)34(35,36)37)32-26(38-20)17-23(18-27(32)39)22-11-14-28(41-2)29(19-22)42-3/h4-14,19,23,31,38H,15-18H2,1-3H3/t23-,31+/m1/s1. The number of esters is 1. The fraction of sp³-hybridized carbons (Fsp3) is 0.294. The maximum absolute atomic E-state index is 13.9. The highest BCUT2D eigenvalue weighted by Gasteiger charge is 2.42. The first-order chi connectivity index (χ1) is 21.1. The number of nitrogens with one attached hydrogen (secondary N) is 1. The molecule has 7 nitrogen and oxygen atoms in total. The zero-order valence-corrected chi connectivity index (χ0v) is 24.5.